The monoisotopic (exact) mass is 287 g/mol. The molecule has 1 rings (SSSR count). The van der Waals surface area contributed by atoms with Gasteiger partial charge in [-0.2, -0.15) is 0 Å². The van der Waals surface area contributed by atoms with Gasteiger partial charge in [-0.25, -0.2) is 4.57 Å². The van der Waals surface area contributed by atoms with Gasteiger partial charge in [-0.3, -0.25) is 19.9 Å². The first-order valence-corrected chi connectivity index (χ1v) is 5.88. The van der Waals surface area contributed by atoms with Crippen molar-refractivity contribution in [3.05, 3.63) is 32.3 Å². The van der Waals surface area contributed by atoms with Crippen LogP contribution in [0.2, 0.25) is 10.0 Å². The normalized spacial score (nSPS) is 11.2. The molecule has 0 aromatic heterocycles. The lowest BCUT2D eigenvalue weighted by molar-refractivity contribution is -0.384. The van der Waals surface area contributed by atoms with E-state index in [9.17, 15) is 14.7 Å². The van der Waals surface area contributed by atoms with Crippen LogP contribution in [0.3, 0.4) is 0 Å². The van der Waals surface area contributed by atoms with Crippen molar-refractivity contribution in [2.75, 3.05) is 0 Å². The maximum atomic E-state index is 10.5. The molecule has 0 spiro atoms. The summed E-state index contributed by atoms with van der Waals surface area (Å²) in [5.74, 6) is -0.425. The van der Waals surface area contributed by atoms with Gasteiger partial charge in [-0.05, 0) is 6.07 Å². The van der Waals surface area contributed by atoms with Crippen molar-refractivity contribution in [2.24, 2.45) is 0 Å². The summed E-state index contributed by atoms with van der Waals surface area (Å²) in [5.41, 5.74) is -0.482. The van der Waals surface area contributed by atoms with Gasteiger partial charge in [0.2, 0.25) is 0 Å². The van der Waals surface area contributed by atoms with Crippen molar-refractivity contribution >= 4 is 36.7 Å². The molecule has 16 heavy (non-hydrogen) atoms. The van der Waals surface area contributed by atoms with E-state index in [2.05, 4.69) is 4.52 Å². The Morgan fingerprint density at radius 1 is 1.31 bits per heavy atom. The molecule has 0 aliphatic carbocycles. The van der Waals surface area contributed by atoms with E-state index in [0.29, 0.717) is 0 Å². The van der Waals surface area contributed by atoms with E-state index in [0.717, 1.165) is 12.1 Å². The second-order valence-electron chi connectivity index (χ2n) is 2.55. The zero-order valence-corrected chi connectivity index (χ0v) is 9.74. The summed E-state index contributed by atoms with van der Waals surface area (Å²) in [6, 6.07) is 1.88. The van der Waals surface area contributed by atoms with Gasteiger partial charge in [-0.1, -0.05) is 23.2 Å². The van der Waals surface area contributed by atoms with E-state index in [4.69, 9.17) is 33.0 Å². The molecule has 0 saturated heterocycles. The van der Waals surface area contributed by atoms with Gasteiger partial charge < -0.3 is 4.52 Å². The minimum atomic E-state index is -4.79. The average Bonchev–Trinajstić information content (AvgIpc) is 2.10. The number of halogens is 2. The lowest BCUT2D eigenvalue weighted by Crippen LogP contribution is -1.94. The molecule has 0 bridgehead atoms. The Morgan fingerprint density at radius 2 is 1.88 bits per heavy atom. The van der Waals surface area contributed by atoms with E-state index < -0.39 is 34.2 Å². The Kier molecular flexibility index (Phi) is 3.77. The summed E-state index contributed by atoms with van der Waals surface area (Å²) in [5, 5.41) is 9.56. The summed E-state index contributed by atoms with van der Waals surface area (Å²) in [6.07, 6.45) is 0. The lowest BCUT2D eigenvalue weighted by atomic mass is 10.3. The molecular formula is C6H4Cl2NO6P. The summed E-state index contributed by atoms with van der Waals surface area (Å²) in [6.45, 7) is 0. The van der Waals surface area contributed by atoms with Crippen LogP contribution >= 0.6 is 31.0 Å². The summed E-state index contributed by atoms with van der Waals surface area (Å²) in [4.78, 5) is 26.7. The summed E-state index contributed by atoms with van der Waals surface area (Å²) >= 11 is 11.1. The Balaban J connectivity index is 3.22. The number of nitro benzene ring substituents is 1. The van der Waals surface area contributed by atoms with Gasteiger partial charge in [-0.15, -0.1) is 0 Å². The third-order valence-corrected chi connectivity index (χ3v) is 2.73. The highest BCUT2D eigenvalue weighted by Gasteiger charge is 2.23. The highest BCUT2D eigenvalue weighted by atomic mass is 35.5. The van der Waals surface area contributed by atoms with E-state index in [1.807, 2.05) is 0 Å². The predicted octanol–water partition coefficient (Wildman–Crippen LogP) is 2.37. The van der Waals surface area contributed by atoms with Crippen LogP contribution in [-0.2, 0) is 4.57 Å². The molecule has 1 aromatic rings. The van der Waals surface area contributed by atoms with Crippen molar-refractivity contribution in [2.45, 2.75) is 0 Å². The molecule has 0 aliphatic heterocycles. The number of nitro groups is 1. The molecule has 0 aliphatic rings. The number of hydrogen-bond donors (Lipinski definition) is 2. The minimum absolute atomic E-state index is 0.425. The first-order valence-electron chi connectivity index (χ1n) is 3.60. The van der Waals surface area contributed by atoms with Crippen molar-refractivity contribution in [3.8, 4) is 5.75 Å². The van der Waals surface area contributed by atoms with Crippen molar-refractivity contribution in [1.82, 2.24) is 0 Å². The SMILES string of the molecule is O=[N+]([O-])c1ccc(OP(=O)(O)O)c(Cl)c1Cl. The molecule has 0 fully saturated rings. The molecular weight excluding hydrogens is 284 g/mol. The lowest BCUT2D eigenvalue weighted by Gasteiger charge is -2.08. The standard InChI is InChI=1S/C6H4Cl2NO6P/c7-5-3(9(10)11)1-2-4(6(5)8)15-16(12,13)14/h1-2H,(H2,12,13,14). The highest BCUT2D eigenvalue weighted by molar-refractivity contribution is 7.46. The van der Waals surface area contributed by atoms with Crippen LogP contribution in [0, 0.1) is 10.1 Å². The maximum absolute atomic E-state index is 10.5. The molecule has 2 N–H and O–H groups in total. The van der Waals surface area contributed by atoms with Crippen molar-refractivity contribution in [1.29, 1.82) is 0 Å². The molecule has 7 nitrogen and oxygen atoms in total. The average molecular weight is 288 g/mol. The van der Waals surface area contributed by atoms with Gasteiger partial charge in [0, 0.05) is 6.07 Å². The number of phosphoric acid groups is 1. The first kappa shape index (κ1) is 13.2. The number of hydrogen-bond acceptors (Lipinski definition) is 4. The Hall–Kier alpha value is -0.850. The molecule has 0 radical (unpaired) electrons. The van der Waals surface area contributed by atoms with Crippen LogP contribution in [-0.4, -0.2) is 14.7 Å². The second kappa shape index (κ2) is 4.57. The quantitative estimate of drug-likeness (QED) is 0.502. The largest absolute Gasteiger partial charge is 0.524 e. The molecule has 0 heterocycles. The van der Waals surface area contributed by atoms with Gasteiger partial charge >= 0.3 is 7.82 Å². The Bertz CT molecular complexity index is 486. The van der Waals surface area contributed by atoms with E-state index in [1.54, 1.807) is 0 Å². The van der Waals surface area contributed by atoms with E-state index >= 15 is 0 Å². The third kappa shape index (κ3) is 3.07. The van der Waals surface area contributed by atoms with Crippen LogP contribution in [0.4, 0.5) is 5.69 Å². The molecule has 88 valence electrons. The first-order chi connectivity index (χ1) is 7.22. The zero-order valence-electron chi connectivity index (χ0n) is 7.33. The Morgan fingerprint density at radius 3 is 2.31 bits per heavy atom. The van der Waals surface area contributed by atoms with Gasteiger partial charge in [0.15, 0.2) is 5.75 Å². The fraction of sp³-hybridized carbons (Fsp3) is 0. The zero-order chi connectivity index (χ0) is 12.5. The second-order valence-corrected chi connectivity index (χ2v) is 4.47. The van der Waals surface area contributed by atoms with Gasteiger partial charge in [0.05, 0.1) is 4.92 Å². The maximum Gasteiger partial charge on any atom is 0.524 e. The molecule has 10 heteroatoms. The topological polar surface area (TPSA) is 110 Å². The fourth-order valence-corrected chi connectivity index (χ4v) is 1.75. The van der Waals surface area contributed by atoms with Crippen LogP contribution in [0.5, 0.6) is 5.75 Å². The molecule has 0 amide bonds. The number of nitrogens with zero attached hydrogens (tertiary/aromatic N) is 1. The van der Waals surface area contributed by atoms with Crippen molar-refractivity contribution < 1.29 is 23.8 Å². The van der Waals surface area contributed by atoms with Crippen molar-refractivity contribution in [3.63, 3.8) is 0 Å². The molecule has 1 aromatic carbocycles. The van der Waals surface area contributed by atoms with Crippen LogP contribution < -0.4 is 4.52 Å². The number of phosphoric ester groups is 1. The number of rotatable bonds is 3. The number of benzene rings is 1. The van der Waals surface area contributed by atoms with Crippen LogP contribution in [0.15, 0.2) is 12.1 Å². The highest BCUT2D eigenvalue weighted by Crippen LogP contribution is 2.45. The summed E-state index contributed by atoms with van der Waals surface area (Å²) in [7, 11) is -4.79. The van der Waals surface area contributed by atoms with Crippen LogP contribution in [0.1, 0.15) is 0 Å². The smallest absolute Gasteiger partial charge is 0.403 e. The van der Waals surface area contributed by atoms with E-state index in [-0.39, 0.29) is 0 Å². The van der Waals surface area contributed by atoms with Gasteiger partial charge in [0.1, 0.15) is 10.0 Å². The molecule has 0 unspecified atom stereocenters. The van der Waals surface area contributed by atoms with E-state index in [1.165, 1.54) is 0 Å². The third-order valence-electron chi connectivity index (χ3n) is 1.44. The predicted molar refractivity (Wildman–Crippen MR) is 55.8 cm³/mol. The Labute approximate surface area is 98.9 Å². The van der Waals surface area contributed by atoms with Gasteiger partial charge in [0.25, 0.3) is 5.69 Å². The van der Waals surface area contributed by atoms with Crippen LogP contribution in [0.25, 0.3) is 0 Å². The summed E-state index contributed by atoms with van der Waals surface area (Å²) < 4.78 is 14.7. The minimum Gasteiger partial charge on any atom is -0.403 e. The molecule has 0 atom stereocenters. The fourth-order valence-electron chi connectivity index (χ4n) is 0.861. The molecule has 0 saturated carbocycles.